The number of aryl methyl sites for hydroxylation is 2. The Balaban J connectivity index is 1.12. The Morgan fingerprint density at radius 3 is 1.81 bits per heavy atom. The molecule has 59 heavy (non-hydrogen) atoms. The highest BCUT2D eigenvalue weighted by molar-refractivity contribution is 5.73. The molecule has 2 atom stereocenters. The largest absolute Gasteiger partial charge is 0.494 e. The van der Waals surface area contributed by atoms with Crippen molar-refractivity contribution in [2.45, 2.75) is 130 Å². The lowest BCUT2D eigenvalue weighted by Gasteiger charge is -2.42. The minimum atomic E-state index is -0.819. The second kappa shape index (κ2) is 24.6. The fourth-order valence-electron chi connectivity index (χ4n) is 7.04. The fraction of sp³-hybridized carbons (Fsp3) is 0.510. The van der Waals surface area contributed by atoms with Gasteiger partial charge in [-0.15, -0.1) is 0 Å². The van der Waals surface area contributed by atoms with Crippen molar-refractivity contribution in [2.24, 2.45) is 5.41 Å². The fourth-order valence-corrected chi connectivity index (χ4v) is 7.04. The predicted octanol–water partition coefficient (Wildman–Crippen LogP) is 10.3. The van der Waals surface area contributed by atoms with Crippen LogP contribution in [0.25, 0.3) is 0 Å². The molecule has 0 spiro atoms. The van der Waals surface area contributed by atoms with E-state index in [4.69, 9.17) is 18.9 Å². The van der Waals surface area contributed by atoms with Crippen LogP contribution in [-0.2, 0) is 35.2 Å². The van der Waals surface area contributed by atoms with Crippen LogP contribution in [0.15, 0.2) is 103 Å². The second-order valence-corrected chi connectivity index (χ2v) is 17.2. The Bertz CT molecular complexity index is 1740. The molecule has 0 aliphatic rings. The van der Waals surface area contributed by atoms with Gasteiger partial charge in [0.15, 0.2) is 0 Å². The minimum absolute atomic E-state index is 0.0559. The van der Waals surface area contributed by atoms with Crippen LogP contribution in [0.5, 0.6) is 17.2 Å². The zero-order valence-corrected chi connectivity index (χ0v) is 36.9. The Morgan fingerprint density at radius 2 is 1.22 bits per heavy atom. The normalized spacial score (nSPS) is 12.9. The van der Waals surface area contributed by atoms with Crippen LogP contribution in [0.3, 0.4) is 0 Å². The van der Waals surface area contributed by atoms with Crippen molar-refractivity contribution >= 4 is 5.97 Å². The number of hydrogen-bond acceptors (Lipinski definition) is 7. The van der Waals surface area contributed by atoms with Crippen LogP contribution in [0.4, 0.5) is 0 Å². The molecule has 0 amide bonds. The monoisotopic (exact) mass is 809 g/mol. The van der Waals surface area contributed by atoms with Crippen LogP contribution >= 0.6 is 0 Å². The Kier molecular flexibility index (Phi) is 19.8. The number of aliphatic carboxylic acids is 1. The third kappa shape index (κ3) is 17.4. The number of carboxylic acid groups (broad SMARTS) is 1. The smallest absolute Gasteiger partial charge is 0.321 e. The minimum Gasteiger partial charge on any atom is -0.494 e. The zero-order valence-electron chi connectivity index (χ0n) is 36.9. The van der Waals surface area contributed by atoms with Gasteiger partial charge in [0, 0.05) is 18.1 Å². The van der Waals surface area contributed by atoms with Crippen molar-refractivity contribution in [2.75, 3.05) is 32.9 Å². The maximum absolute atomic E-state index is 11.8. The molecule has 0 radical (unpaired) electrons. The summed E-state index contributed by atoms with van der Waals surface area (Å²) in [7, 11) is 0. The molecule has 0 aliphatic heterocycles. The van der Waals surface area contributed by atoms with Gasteiger partial charge >= 0.3 is 5.97 Å². The van der Waals surface area contributed by atoms with Crippen LogP contribution in [0.1, 0.15) is 103 Å². The first kappa shape index (κ1) is 47.3. The Morgan fingerprint density at radius 1 is 0.661 bits per heavy atom. The summed E-state index contributed by atoms with van der Waals surface area (Å²) < 4.78 is 24.3. The summed E-state index contributed by atoms with van der Waals surface area (Å²) in [5, 5.41) is 16.6. The first-order valence-electron chi connectivity index (χ1n) is 21.9. The van der Waals surface area contributed by atoms with Gasteiger partial charge in [-0.2, -0.15) is 0 Å². The molecular formula is C51H72N2O6. The molecule has 4 aromatic carbocycles. The molecule has 8 heteroatoms. The van der Waals surface area contributed by atoms with Gasteiger partial charge in [-0.25, -0.2) is 0 Å². The molecule has 0 saturated heterocycles. The summed E-state index contributed by atoms with van der Waals surface area (Å²) in [5.41, 5.74) is 4.40. The lowest BCUT2D eigenvalue weighted by molar-refractivity contribution is -0.139. The van der Waals surface area contributed by atoms with Crippen molar-refractivity contribution in [1.29, 1.82) is 0 Å². The lowest BCUT2D eigenvalue weighted by Crippen LogP contribution is -2.44. The van der Waals surface area contributed by atoms with Gasteiger partial charge in [0.2, 0.25) is 0 Å². The summed E-state index contributed by atoms with van der Waals surface area (Å²) in [5.74, 6) is 1.87. The SMILES string of the molecule is CCOCC(Cc1ccc(OCCCCC(C)(C)C(C)(C)Oc2ccc(CCCNC(Cc3ccccc3)C(=O)O)cc2)cc1)NCCCc1ccc(OC(C)C)cc1. The number of carboxylic acids is 1. The van der Waals surface area contributed by atoms with E-state index in [-0.39, 0.29) is 23.2 Å². The maximum Gasteiger partial charge on any atom is 0.321 e. The number of nitrogens with one attached hydrogen (secondary N) is 2. The van der Waals surface area contributed by atoms with Crippen molar-refractivity contribution < 1.29 is 28.8 Å². The average Bonchev–Trinajstić information content (AvgIpc) is 3.21. The first-order valence-corrected chi connectivity index (χ1v) is 21.9. The molecule has 4 aromatic rings. The van der Waals surface area contributed by atoms with Crippen LogP contribution in [-0.4, -0.2) is 67.8 Å². The van der Waals surface area contributed by atoms with Crippen LogP contribution in [0.2, 0.25) is 0 Å². The number of benzene rings is 4. The summed E-state index contributed by atoms with van der Waals surface area (Å²) in [4.78, 5) is 11.8. The molecule has 2 unspecified atom stereocenters. The summed E-state index contributed by atoms with van der Waals surface area (Å²) in [6, 6.07) is 34.7. The molecule has 4 rings (SSSR count). The summed E-state index contributed by atoms with van der Waals surface area (Å²) >= 11 is 0. The highest BCUT2D eigenvalue weighted by Crippen LogP contribution is 2.39. The molecule has 0 heterocycles. The topological polar surface area (TPSA) is 98.3 Å². The van der Waals surface area contributed by atoms with E-state index in [9.17, 15) is 9.90 Å². The Hall–Kier alpha value is -4.37. The molecule has 0 saturated carbocycles. The van der Waals surface area contributed by atoms with Gasteiger partial charge in [-0.3, -0.25) is 4.79 Å². The van der Waals surface area contributed by atoms with Gasteiger partial charge in [0.05, 0.1) is 19.3 Å². The average molecular weight is 809 g/mol. The van der Waals surface area contributed by atoms with E-state index in [1.54, 1.807) is 0 Å². The number of rotatable bonds is 29. The predicted molar refractivity (Wildman–Crippen MR) is 241 cm³/mol. The van der Waals surface area contributed by atoms with Crippen molar-refractivity contribution in [3.8, 4) is 17.2 Å². The van der Waals surface area contributed by atoms with Gasteiger partial charge in [0.25, 0.3) is 0 Å². The van der Waals surface area contributed by atoms with E-state index in [0.717, 1.165) is 80.7 Å². The van der Waals surface area contributed by atoms with Crippen molar-refractivity contribution in [3.05, 3.63) is 125 Å². The molecular weight excluding hydrogens is 737 g/mol. The molecule has 3 N–H and O–H groups in total. The Labute approximate surface area is 355 Å². The quantitative estimate of drug-likeness (QED) is 0.0467. The van der Waals surface area contributed by atoms with E-state index >= 15 is 0 Å². The van der Waals surface area contributed by atoms with Gasteiger partial charge in [0.1, 0.15) is 28.9 Å². The third-order valence-electron chi connectivity index (χ3n) is 11.3. The first-order chi connectivity index (χ1) is 28.3. The number of carbonyl (C=O) groups is 1. The van der Waals surface area contributed by atoms with Gasteiger partial charge in [-0.1, -0.05) is 80.6 Å². The van der Waals surface area contributed by atoms with Crippen molar-refractivity contribution in [1.82, 2.24) is 10.6 Å². The van der Waals surface area contributed by atoms with E-state index < -0.39 is 12.0 Å². The molecule has 0 aliphatic carbocycles. The van der Waals surface area contributed by atoms with E-state index in [1.165, 1.54) is 16.7 Å². The summed E-state index contributed by atoms with van der Waals surface area (Å²) in [6.07, 6.45) is 8.40. The standard InChI is InChI=1S/C51H72N2O6/c1-8-56-38-44(52-33-14-18-40-20-28-46(29-21-40)58-39(2)3)36-43-24-26-45(27-25-43)57-35-13-12-32-50(4,5)51(6,7)59-47-30-22-41(23-31-47)19-15-34-53-48(49(54)55)37-42-16-10-9-11-17-42/h9-11,16-17,20-31,39,44,48,52-53H,8,12-15,18-19,32-38H2,1-7H3,(H,54,55). The molecule has 0 aromatic heterocycles. The van der Waals surface area contributed by atoms with E-state index in [1.807, 2.05) is 51.1 Å². The lowest BCUT2D eigenvalue weighted by atomic mass is 9.73. The van der Waals surface area contributed by atoms with Crippen LogP contribution in [0, 0.1) is 5.41 Å². The highest BCUT2D eigenvalue weighted by Gasteiger charge is 2.38. The van der Waals surface area contributed by atoms with Crippen molar-refractivity contribution in [3.63, 3.8) is 0 Å². The molecule has 322 valence electrons. The number of unbranched alkanes of at least 4 members (excludes halogenated alkanes) is 1. The zero-order chi connectivity index (χ0) is 42.5. The van der Waals surface area contributed by atoms with E-state index in [0.29, 0.717) is 32.8 Å². The van der Waals surface area contributed by atoms with Gasteiger partial charge in [-0.05, 0) is 164 Å². The number of hydrogen-bond donors (Lipinski definition) is 3. The number of ether oxygens (including phenoxy) is 4. The maximum atomic E-state index is 11.8. The highest BCUT2D eigenvalue weighted by atomic mass is 16.5. The summed E-state index contributed by atoms with van der Waals surface area (Å²) in [6.45, 7) is 18.7. The molecule has 0 fully saturated rings. The van der Waals surface area contributed by atoms with Gasteiger partial charge < -0.3 is 34.7 Å². The molecule has 8 nitrogen and oxygen atoms in total. The molecule has 0 bridgehead atoms. The third-order valence-corrected chi connectivity index (χ3v) is 11.3. The van der Waals surface area contributed by atoms with Crippen LogP contribution < -0.4 is 24.8 Å². The van der Waals surface area contributed by atoms with E-state index in [2.05, 4.69) is 111 Å². The second-order valence-electron chi connectivity index (χ2n) is 17.2.